The number of thiophene rings is 1. The van der Waals surface area contributed by atoms with Gasteiger partial charge in [0.05, 0.1) is 5.52 Å². The average molecular weight is 373 g/mol. The van der Waals surface area contributed by atoms with Gasteiger partial charge in [0.2, 0.25) is 0 Å². The fourth-order valence-electron chi connectivity index (χ4n) is 2.62. The van der Waals surface area contributed by atoms with Gasteiger partial charge in [-0.1, -0.05) is 62.4 Å². The maximum atomic E-state index is 13.0. The Hall–Kier alpha value is -1.59. The summed E-state index contributed by atoms with van der Waals surface area (Å²) in [4.78, 5) is 18.9. The molecule has 0 fully saturated rings. The van der Waals surface area contributed by atoms with E-state index in [1.54, 1.807) is 23.1 Å². The first-order valence-corrected chi connectivity index (χ1v) is 10.5. The van der Waals surface area contributed by atoms with E-state index in [0.717, 1.165) is 44.5 Å². The molecule has 2 aromatic heterocycles. The second-order valence-corrected chi connectivity index (χ2v) is 8.79. The monoisotopic (exact) mass is 372 g/mol. The molecule has 3 rings (SSSR count). The van der Waals surface area contributed by atoms with Crippen LogP contribution in [0.2, 0.25) is 0 Å². The third-order valence-corrected chi connectivity index (χ3v) is 6.49. The Kier molecular flexibility index (Phi) is 5.64. The summed E-state index contributed by atoms with van der Waals surface area (Å²) in [5.41, 5.74) is 3.30. The van der Waals surface area contributed by atoms with Crippen molar-refractivity contribution >= 4 is 33.3 Å². The van der Waals surface area contributed by atoms with Gasteiger partial charge < -0.3 is 0 Å². The molecule has 1 aromatic carbocycles. The number of nitrogens with zero attached hydrogens (tertiary/aromatic N) is 2. The number of fused-ring (bicyclic) bond motifs is 1. The highest BCUT2D eigenvalue weighted by Crippen LogP contribution is 2.32. The molecule has 0 aliphatic carbocycles. The first-order chi connectivity index (χ1) is 12.0. The van der Waals surface area contributed by atoms with Crippen molar-refractivity contribution in [2.24, 2.45) is 5.92 Å². The predicted molar refractivity (Wildman–Crippen MR) is 110 cm³/mol. The molecule has 0 bridgehead atoms. The molecule has 0 N–H and O–H groups in total. The largest absolute Gasteiger partial charge is 0.286 e. The van der Waals surface area contributed by atoms with Crippen LogP contribution in [0.25, 0.3) is 20.7 Å². The summed E-state index contributed by atoms with van der Waals surface area (Å²) in [6, 6.07) is 10.5. The standard InChI is InChI=1S/C20H24N2OS2/c1-5-10-22-19(23)18-16(21-20(22)24-12-13(2)3)11-17(25-18)15-8-6-14(4)7-9-15/h6-9,11,13H,5,10,12H2,1-4H3. The molecule has 0 atom stereocenters. The zero-order chi connectivity index (χ0) is 18.0. The minimum Gasteiger partial charge on any atom is -0.286 e. The normalized spacial score (nSPS) is 11.6. The first-order valence-electron chi connectivity index (χ1n) is 8.73. The lowest BCUT2D eigenvalue weighted by molar-refractivity contribution is 0.584. The van der Waals surface area contributed by atoms with Crippen LogP contribution in [0.4, 0.5) is 0 Å². The van der Waals surface area contributed by atoms with E-state index in [1.807, 2.05) is 4.57 Å². The zero-order valence-corrected chi connectivity index (χ0v) is 16.8. The summed E-state index contributed by atoms with van der Waals surface area (Å²) in [6.45, 7) is 9.28. The van der Waals surface area contributed by atoms with Gasteiger partial charge in [-0.3, -0.25) is 9.36 Å². The van der Waals surface area contributed by atoms with Crippen LogP contribution in [0.15, 0.2) is 40.3 Å². The Balaban J connectivity index is 2.10. The molecule has 0 amide bonds. The molecule has 25 heavy (non-hydrogen) atoms. The van der Waals surface area contributed by atoms with Gasteiger partial charge in [0.15, 0.2) is 5.16 Å². The zero-order valence-electron chi connectivity index (χ0n) is 15.2. The van der Waals surface area contributed by atoms with Crippen LogP contribution in [0.3, 0.4) is 0 Å². The van der Waals surface area contributed by atoms with E-state index in [9.17, 15) is 4.79 Å². The Labute approximate surface area is 157 Å². The van der Waals surface area contributed by atoms with Crippen molar-refractivity contribution in [3.63, 3.8) is 0 Å². The fourth-order valence-corrected chi connectivity index (χ4v) is 4.65. The first kappa shape index (κ1) is 18.2. The van der Waals surface area contributed by atoms with E-state index in [1.165, 1.54) is 5.56 Å². The van der Waals surface area contributed by atoms with Crippen molar-refractivity contribution in [2.45, 2.75) is 45.8 Å². The van der Waals surface area contributed by atoms with Crippen LogP contribution in [-0.2, 0) is 6.54 Å². The van der Waals surface area contributed by atoms with Gasteiger partial charge in [-0.05, 0) is 30.9 Å². The van der Waals surface area contributed by atoms with Crippen molar-refractivity contribution in [1.82, 2.24) is 9.55 Å². The minimum atomic E-state index is 0.0986. The molecule has 3 aromatic rings. The van der Waals surface area contributed by atoms with Crippen LogP contribution in [0.1, 0.15) is 32.8 Å². The molecule has 3 nitrogen and oxygen atoms in total. The fraction of sp³-hybridized carbons (Fsp3) is 0.400. The molecule has 0 spiro atoms. The molecule has 0 unspecified atom stereocenters. The van der Waals surface area contributed by atoms with Gasteiger partial charge in [-0.25, -0.2) is 4.98 Å². The van der Waals surface area contributed by atoms with Crippen molar-refractivity contribution in [1.29, 1.82) is 0 Å². The molecule has 0 saturated heterocycles. The van der Waals surface area contributed by atoms with Crippen molar-refractivity contribution < 1.29 is 0 Å². The molecule has 0 radical (unpaired) electrons. The lowest BCUT2D eigenvalue weighted by atomic mass is 10.1. The van der Waals surface area contributed by atoms with Gasteiger partial charge in [0.25, 0.3) is 5.56 Å². The Morgan fingerprint density at radius 2 is 1.96 bits per heavy atom. The molecule has 132 valence electrons. The van der Waals surface area contributed by atoms with E-state index in [-0.39, 0.29) is 5.56 Å². The van der Waals surface area contributed by atoms with Crippen LogP contribution >= 0.6 is 23.1 Å². The van der Waals surface area contributed by atoms with Gasteiger partial charge in [0, 0.05) is 17.2 Å². The second kappa shape index (κ2) is 7.75. The SMILES string of the molecule is CCCn1c(SCC(C)C)nc2cc(-c3ccc(C)cc3)sc2c1=O. The lowest BCUT2D eigenvalue weighted by Gasteiger charge is -2.11. The van der Waals surface area contributed by atoms with Crippen LogP contribution < -0.4 is 5.56 Å². The number of aryl methyl sites for hydroxylation is 1. The Morgan fingerprint density at radius 1 is 1.24 bits per heavy atom. The van der Waals surface area contributed by atoms with Crippen molar-refractivity contribution in [3.05, 3.63) is 46.2 Å². The number of rotatable bonds is 6. The summed E-state index contributed by atoms with van der Waals surface area (Å²) >= 11 is 3.24. The molecule has 0 aliphatic heterocycles. The third kappa shape index (κ3) is 3.98. The average Bonchev–Trinajstić information content (AvgIpc) is 3.01. The van der Waals surface area contributed by atoms with Gasteiger partial charge >= 0.3 is 0 Å². The summed E-state index contributed by atoms with van der Waals surface area (Å²) < 4.78 is 2.61. The quantitative estimate of drug-likeness (QED) is 0.418. The summed E-state index contributed by atoms with van der Waals surface area (Å²) in [6.07, 6.45) is 0.929. The highest BCUT2D eigenvalue weighted by Gasteiger charge is 2.15. The van der Waals surface area contributed by atoms with Crippen LogP contribution in [0.5, 0.6) is 0 Å². The number of thioether (sulfide) groups is 1. The second-order valence-electron chi connectivity index (χ2n) is 6.75. The highest BCUT2D eigenvalue weighted by molar-refractivity contribution is 7.99. The summed E-state index contributed by atoms with van der Waals surface area (Å²) in [5, 5.41) is 0.848. The Bertz CT molecular complexity index is 923. The number of aromatic nitrogens is 2. The van der Waals surface area contributed by atoms with E-state index < -0.39 is 0 Å². The van der Waals surface area contributed by atoms with E-state index in [0.29, 0.717) is 5.92 Å². The van der Waals surface area contributed by atoms with Gasteiger partial charge in [-0.2, -0.15) is 0 Å². The maximum Gasteiger partial charge on any atom is 0.272 e. The topological polar surface area (TPSA) is 34.9 Å². The molecular weight excluding hydrogens is 348 g/mol. The van der Waals surface area contributed by atoms with E-state index >= 15 is 0 Å². The van der Waals surface area contributed by atoms with Gasteiger partial charge in [-0.15, -0.1) is 11.3 Å². The predicted octanol–water partition coefficient (Wildman–Crippen LogP) is 5.59. The van der Waals surface area contributed by atoms with Crippen molar-refractivity contribution in [3.8, 4) is 10.4 Å². The molecular formula is C20H24N2OS2. The highest BCUT2D eigenvalue weighted by atomic mass is 32.2. The number of hydrogen-bond acceptors (Lipinski definition) is 4. The summed E-state index contributed by atoms with van der Waals surface area (Å²) in [5.74, 6) is 1.54. The van der Waals surface area contributed by atoms with Crippen LogP contribution in [-0.4, -0.2) is 15.3 Å². The lowest BCUT2D eigenvalue weighted by Crippen LogP contribution is -2.22. The van der Waals surface area contributed by atoms with Gasteiger partial charge in [0.1, 0.15) is 4.70 Å². The molecule has 2 heterocycles. The molecule has 0 aliphatic rings. The van der Waals surface area contributed by atoms with Crippen molar-refractivity contribution in [2.75, 3.05) is 5.75 Å². The number of benzene rings is 1. The summed E-state index contributed by atoms with van der Waals surface area (Å²) in [7, 11) is 0. The van der Waals surface area contributed by atoms with E-state index in [2.05, 4.69) is 58.0 Å². The minimum absolute atomic E-state index is 0.0986. The maximum absolute atomic E-state index is 13.0. The smallest absolute Gasteiger partial charge is 0.272 e. The molecule has 5 heteroatoms. The third-order valence-electron chi connectivity index (χ3n) is 3.93. The molecule has 0 saturated carbocycles. The van der Waals surface area contributed by atoms with Crippen LogP contribution in [0, 0.1) is 12.8 Å². The van der Waals surface area contributed by atoms with E-state index in [4.69, 9.17) is 4.98 Å². The number of hydrogen-bond donors (Lipinski definition) is 0. The Morgan fingerprint density at radius 3 is 2.60 bits per heavy atom.